The molecule has 0 aliphatic rings. The van der Waals surface area contributed by atoms with E-state index in [1.54, 1.807) is 0 Å². The molecule has 4 aromatic carbocycles. The van der Waals surface area contributed by atoms with E-state index >= 15 is 0 Å². The summed E-state index contributed by atoms with van der Waals surface area (Å²) in [5.41, 5.74) is 8.91. The lowest BCUT2D eigenvalue weighted by molar-refractivity contribution is 1.02. The molecule has 0 saturated heterocycles. The first-order valence-electron chi connectivity index (χ1n) is 13.2. The molecule has 0 fully saturated rings. The van der Waals surface area contributed by atoms with E-state index in [2.05, 4.69) is 129 Å². The summed E-state index contributed by atoms with van der Waals surface area (Å²) in [5.74, 6) is 0.834. The van der Waals surface area contributed by atoms with Gasteiger partial charge in [-0.15, -0.1) is 0 Å². The first-order chi connectivity index (χ1) is 19.5. The first-order valence-corrected chi connectivity index (χ1v) is 13.6. The molecule has 0 atom stereocenters. The van der Waals surface area contributed by atoms with Crippen molar-refractivity contribution in [3.8, 4) is 0 Å². The molecule has 0 aliphatic heterocycles. The van der Waals surface area contributed by atoms with E-state index in [1.165, 1.54) is 11.1 Å². The third-order valence-electron chi connectivity index (χ3n) is 6.31. The van der Waals surface area contributed by atoms with Crippen molar-refractivity contribution in [1.29, 1.82) is 0 Å². The fourth-order valence-electron chi connectivity index (χ4n) is 4.21. The Labute approximate surface area is 240 Å². The van der Waals surface area contributed by atoms with Crippen molar-refractivity contribution in [1.82, 2.24) is 15.0 Å². The molecule has 0 bridgehead atoms. The monoisotopic (exact) mass is 546 g/mol. The molecule has 6 nitrogen and oxygen atoms in total. The number of benzene rings is 4. The molecule has 5 rings (SSSR count). The third kappa shape index (κ3) is 6.84. The average molecular weight is 547 g/mol. The molecular weight excluding hydrogens is 516 g/mol. The second-order valence-electron chi connectivity index (χ2n) is 9.46. The summed E-state index contributed by atoms with van der Waals surface area (Å²) in [5, 5.41) is 6.37. The summed E-state index contributed by atoms with van der Waals surface area (Å²) in [4.78, 5) is 14.8. The summed E-state index contributed by atoms with van der Waals surface area (Å²) in [6, 6.07) is 33.9. The maximum atomic E-state index is 6.02. The largest absolute Gasteiger partial charge is 0.354 e. The summed E-state index contributed by atoms with van der Waals surface area (Å²) in [7, 11) is 0. The Hall–Kier alpha value is -4.68. The zero-order valence-electron chi connectivity index (χ0n) is 22.8. The zero-order valence-corrected chi connectivity index (χ0v) is 23.5. The minimum absolute atomic E-state index is 0.139. The molecule has 5 aromatic rings. The summed E-state index contributed by atoms with van der Waals surface area (Å²) in [6.07, 6.45) is 4.21. The maximum Gasteiger partial charge on any atom is 0.233 e. The Bertz CT molecular complexity index is 1530. The average Bonchev–Trinajstić information content (AvgIpc) is 2.95. The van der Waals surface area contributed by atoms with Crippen molar-refractivity contribution in [2.24, 2.45) is 0 Å². The van der Waals surface area contributed by atoms with E-state index in [0.29, 0.717) is 18.4 Å². The van der Waals surface area contributed by atoms with Gasteiger partial charge in [0.25, 0.3) is 0 Å². The third-order valence-corrected chi connectivity index (χ3v) is 6.48. The first kappa shape index (κ1) is 26.9. The van der Waals surface area contributed by atoms with Gasteiger partial charge in [-0.2, -0.15) is 15.0 Å². The minimum Gasteiger partial charge on any atom is -0.354 e. The van der Waals surface area contributed by atoms with Crippen molar-refractivity contribution >= 4 is 58.4 Å². The van der Waals surface area contributed by atoms with Crippen LogP contribution in [0.1, 0.15) is 29.2 Å². The van der Waals surface area contributed by atoms with Gasteiger partial charge in [0.05, 0.1) is 0 Å². The molecule has 7 heteroatoms. The van der Waals surface area contributed by atoms with E-state index in [0.717, 1.165) is 33.9 Å². The summed E-state index contributed by atoms with van der Waals surface area (Å²) < 4.78 is 0. The van der Waals surface area contributed by atoms with Crippen LogP contribution in [0.25, 0.3) is 12.2 Å². The Kier molecular flexibility index (Phi) is 8.38. The standard InChI is InChI=1S/C33H31ClN6/c1-4-35-32-37-31(34)38-33(39-32)36-27-15-11-25(12-16-27)9-10-26-13-21-30(22-14-26)40(28-17-5-23(2)6-18-28)29-19-7-24(3)8-20-29/h5-22H,4H2,1-3H3,(H2,35,36,37,38,39)/b10-9+. The molecule has 40 heavy (non-hydrogen) atoms. The number of aromatic nitrogens is 3. The van der Waals surface area contributed by atoms with E-state index in [9.17, 15) is 0 Å². The van der Waals surface area contributed by atoms with Crippen molar-refractivity contribution in [2.75, 3.05) is 22.1 Å². The fraction of sp³-hybridized carbons (Fsp3) is 0.121. The Balaban J connectivity index is 1.30. The lowest BCUT2D eigenvalue weighted by Crippen LogP contribution is -2.09. The number of anilines is 6. The van der Waals surface area contributed by atoms with Crippen LogP contribution < -0.4 is 15.5 Å². The van der Waals surface area contributed by atoms with Crippen LogP contribution in [0.15, 0.2) is 97.1 Å². The van der Waals surface area contributed by atoms with Crippen molar-refractivity contribution in [3.05, 3.63) is 125 Å². The minimum atomic E-state index is 0.139. The van der Waals surface area contributed by atoms with Crippen LogP contribution in [-0.4, -0.2) is 21.5 Å². The topological polar surface area (TPSA) is 66.0 Å². The predicted octanol–water partition coefficient (Wildman–Crippen LogP) is 8.96. The molecule has 0 radical (unpaired) electrons. The van der Waals surface area contributed by atoms with Crippen LogP contribution in [0.5, 0.6) is 0 Å². The van der Waals surface area contributed by atoms with Crippen LogP contribution in [0.2, 0.25) is 5.28 Å². The van der Waals surface area contributed by atoms with Gasteiger partial charge < -0.3 is 15.5 Å². The lowest BCUT2D eigenvalue weighted by atomic mass is 10.1. The number of nitrogens with zero attached hydrogens (tertiary/aromatic N) is 4. The Morgan fingerprint density at radius 2 is 1.07 bits per heavy atom. The molecule has 0 saturated carbocycles. The molecule has 2 N–H and O–H groups in total. The highest BCUT2D eigenvalue weighted by Crippen LogP contribution is 2.35. The Morgan fingerprint density at radius 3 is 1.57 bits per heavy atom. The van der Waals surface area contributed by atoms with Gasteiger partial charge in [-0.25, -0.2) is 0 Å². The molecular formula is C33H31ClN6. The Morgan fingerprint density at radius 1 is 0.625 bits per heavy atom. The molecule has 1 heterocycles. The molecule has 0 spiro atoms. The van der Waals surface area contributed by atoms with Crippen molar-refractivity contribution in [2.45, 2.75) is 20.8 Å². The number of halogens is 1. The fourth-order valence-corrected chi connectivity index (χ4v) is 4.37. The van der Waals surface area contributed by atoms with Crippen LogP contribution in [0.3, 0.4) is 0 Å². The van der Waals surface area contributed by atoms with Gasteiger partial charge in [0, 0.05) is 29.3 Å². The number of hydrogen-bond donors (Lipinski definition) is 2. The SMILES string of the molecule is CCNc1nc(Cl)nc(Nc2ccc(/C=C/c3ccc(N(c4ccc(C)cc4)c4ccc(C)cc4)cc3)cc2)n1. The molecule has 200 valence electrons. The van der Waals surface area contributed by atoms with E-state index in [1.807, 2.05) is 31.2 Å². The lowest BCUT2D eigenvalue weighted by Gasteiger charge is -2.25. The molecule has 1 aromatic heterocycles. The molecule has 0 aliphatic carbocycles. The van der Waals surface area contributed by atoms with Gasteiger partial charge in [0.2, 0.25) is 17.2 Å². The normalized spacial score (nSPS) is 11.0. The van der Waals surface area contributed by atoms with Gasteiger partial charge >= 0.3 is 0 Å². The zero-order chi connectivity index (χ0) is 27.9. The van der Waals surface area contributed by atoms with Crippen molar-refractivity contribution in [3.63, 3.8) is 0 Å². The quantitative estimate of drug-likeness (QED) is 0.180. The van der Waals surface area contributed by atoms with Crippen molar-refractivity contribution < 1.29 is 0 Å². The smallest absolute Gasteiger partial charge is 0.233 e. The van der Waals surface area contributed by atoms with E-state index < -0.39 is 0 Å². The van der Waals surface area contributed by atoms with Crippen LogP contribution in [0, 0.1) is 13.8 Å². The highest BCUT2D eigenvalue weighted by Gasteiger charge is 2.12. The van der Waals surface area contributed by atoms with Gasteiger partial charge in [-0.3, -0.25) is 0 Å². The maximum absolute atomic E-state index is 6.02. The van der Waals surface area contributed by atoms with Gasteiger partial charge in [0.15, 0.2) is 0 Å². The van der Waals surface area contributed by atoms with Gasteiger partial charge in [-0.05, 0) is 92.0 Å². The molecule has 0 amide bonds. The molecule has 0 unspecified atom stereocenters. The number of hydrogen-bond acceptors (Lipinski definition) is 6. The second kappa shape index (κ2) is 12.5. The van der Waals surface area contributed by atoms with Gasteiger partial charge in [0.1, 0.15) is 0 Å². The van der Waals surface area contributed by atoms with E-state index in [-0.39, 0.29) is 5.28 Å². The van der Waals surface area contributed by atoms with Crippen LogP contribution in [-0.2, 0) is 0 Å². The number of nitrogens with one attached hydrogen (secondary N) is 2. The van der Waals surface area contributed by atoms with Crippen LogP contribution in [0.4, 0.5) is 34.6 Å². The van der Waals surface area contributed by atoms with Gasteiger partial charge in [-0.1, -0.05) is 71.8 Å². The predicted molar refractivity (Wildman–Crippen MR) is 168 cm³/mol. The highest BCUT2D eigenvalue weighted by atomic mass is 35.5. The highest BCUT2D eigenvalue weighted by molar-refractivity contribution is 6.28. The second-order valence-corrected chi connectivity index (χ2v) is 9.80. The summed E-state index contributed by atoms with van der Waals surface area (Å²) in [6.45, 7) is 6.88. The number of rotatable bonds is 9. The summed E-state index contributed by atoms with van der Waals surface area (Å²) >= 11 is 6.02. The number of aryl methyl sites for hydroxylation is 2. The van der Waals surface area contributed by atoms with Crippen LogP contribution >= 0.6 is 11.6 Å². The van der Waals surface area contributed by atoms with E-state index in [4.69, 9.17) is 11.6 Å².